The van der Waals surface area contributed by atoms with Crippen LogP contribution in [0.4, 0.5) is 0 Å². The van der Waals surface area contributed by atoms with Crippen molar-refractivity contribution in [1.82, 2.24) is 0 Å². The number of rotatable bonds is 2. The van der Waals surface area contributed by atoms with Gasteiger partial charge in [0.05, 0.1) is 0 Å². The second-order valence-electron chi connectivity index (χ2n) is 4.79. The van der Waals surface area contributed by atoms with Crippen molar-refractivity contribution >= 4 is 5.78 Å². The molecule has 0 N–H and O–H groups in total. The Morgan fingerprint density at radius 1 is 1.47 bits per heavy atom. The molecule has 0 aromatic rings. The van der Waals surface area contributed by atoms with Gasteiger partial charge in [-0.2, -0.15) is 0 Å². The van der Waals surface area contributed by atoms with E-state index in [1.54, 1.807) is 6.08 Å². The summed E-state index contributed by atoms with van der Waals surface area (Å²) in [5.74, 6) is 0.557. The predicted molar refractivity (Wildman–Crippen MR) is 64.6 cm³/mol. The number of hydrogen-bond acceptors (Lipinski definition) is 1. The molecule has 0 aromatic heterocycles. The van der Waals surface area contributed by atoms with Crippen LogP contribution in [0, 0.1) is 11.3 Å². The molecule has 0 aliphatic heterocycles. The van der Waals surface area contributed by atoms with Crippen molar-refractivity contribution < 1.29 is 4.79 Å². The Kier molecular flexibility index (Phi) is 3.33. The molecule has 1 nitrogen and oxygen atoms in total. The first kappa shape index (κ1) is 12.0. The van der Waals surface area contributed by atoms with E-state index in [1.165, 1.54) is 0 Å². The van der Waals surface area contributed by atoms with Gasteiger partial charge in [0.2, 0.25) is 0 Å². The van der Waals surface area contributed by atoms with Gasteiger partial charge in [-0.1, -0.05) is 39.0 Å². The molecule has 0 saturated carbocycles. The third-order valence-corrected chi connectivity index (χ3v) is 3.38. The van der Waals surface area contributed by atoms with E-state index in [4.69, 9.17) is 0 Å². The average Bonchev–Trinajstić information content (AvgIpc) is 2.12. The normalized spacial score (nSPS) is 25.0. The molecule has 0 fully saturated rings. The lowest BCUT2D eigenvalue weighted by atomic mass is 9.68. The molecule has 82 valence electrons. The van der Waals surface area contributed by atoms with Crippen LogP contribution in [0.1, 0.15) is 34.6 Å². The van der Waals surface area contributed by atoms with E-state index in [-0.39, 0.29) is 11.2 Å². The van der Waals surface area contributed by atoms with Crippen molar-refractivity contribution in [2.24, 2.45) is 11.3 Å². The highest BCUT2D eigenvalue weighted by Crippen LogP contribution is 2.41. The third kappa shape index (κ3) is 2.11. The summed E-state index contributed by atoms with van der Waals surface area (Å²) in [5.41, 5.74) is 1.99. The molecule has 15 heavy (non-hydrogen) atoms. The van der Waals surface area contributed by atoms with Crippen LogP contribution < -0.4 is 0 Å². The first-order chi connectivity index (χ1) is 6.91. The van der Waals surface area contributed by atoms with E-state index in [2.05, 4.69) is 32.9 Å². The molecule has 0 spiro atoms. The number of ketones is 1. The molecule has 1 unspecified atom stereocenters. The minimum atomic E-state index is -0.0601. The maximum Gasteiger partial charge on any atom is 0.182 e. The van der Waals surface area contributed by atoms with Gasteiger partial charge in [0.15, 0.2) is 5.78 Å². The Morgan fingerprint density at radius 3 is 2.60 bits per heavy atom. The molecular weight excluding hydrogens is 184 g/mol. The Bertz CT molecular complexity index is 354. The van der Waals surface area contributed by atoms with Gasteiger partial charge in [-0.05, 0) is 36.8 Å². The van der Waals surface area contributed by atoms with Gasteiger partial charge in [-0.15, -0.1) is 0 Å². The molecule has 1 aliphatic rings. The lowest BCUT2D eigenvalue weighted by Gasteiger charge is -2.35. The summed E-state index contributed by atoms with van der Waals surface area (Å²) in [6, 6.07) is 0. The first-order valence-electron chi connectivity index (χ1n) is 5.47. The topological polar surface area (TPSA) is 17.1 Å². The number of hydrogen-bond donors (Lipinski definition) is 0. The zero-order valence-corrected chi connectivity index (χ0v) is 10.3. The summed E-state index contributed by atoms with van der Waals surface area (Å²) < 4.78 is 0. The van der Waals surface area contributed by atoms with Gasteiger partial charge < -0.3 is 0 Å². The maximum absolute atomic E-state index is 12.0. The van der Waals surface area contributed by atoms with Gasteiger partial charge in [0.1, 0.15) is 0 Å². The lowest BCUT2D eigenvalue weighted by molar-refractivity contribution is -0.112. The molecule has 0 saturated heterocycles. The van der Waals surface area contributed by atoms with Crippen LogP contribution in [0.2, 0.25) is 0 Å². The Balaban J connectivity index is 3.22. The fourth-order valence-electron chi connectivity index (χ4n) is 2.09. The van der Waals surface area contributed by atoms with Crippen molar-refractivity contribution in [3.8, 4) is 0 Å². The highest BCUT2D eigenvalue weighted by Gasteiger charge is 2.34. The molecule has 0 radical (unpaired) electrons. The van der Waals surface area contributed by atoms with E-state index >= 15 is 0 Å². The Hall–Kier alpha value is -1.11. The van der Waals surface area contributed by atoms with Crippen molar-refractivity contribution in [3.05, 3.63) is 35.5 Å². The van der Waals surface area contributed by atoms with Crippen LogP contribution in [-0.2, 0) is 4.79 Å². The minimum absolute atomic E-state index is 0.0601. The summed E-state index contributed by atoms with van der Waals surface area (Å²) in [7, 11) is 0. The van der Waals surface area contributed by atoms with Gasteiger partial charge in [-0.3, -0.25) is 4.79 Å². The molecule has 0 heterocycles. The van der Waals surface area contributed by atoms with E-state index in [9.17, 15) is 4.79 Å². The zero-order chi connectivity index (χ0) is 11.6. The molecule has 1 rings (SSSR count). The van der Waals surface area contributed by atoms with E-state index in [0.29, 0.717) is 5.92 Å². The van der Waals surface area contributed by atoms with Crippen molar-refractivity contribution in [1.29, 1.82) is 0 Å². The van der Waals surface area contributed by atoms with Gasteiger partial charge in [0, 0.05) is 5.57 Å². The summed E-state index contributed by atoms with van der Waals surface area (Å²) in [6.07, 6.45) is 7.71. The predicted octanol–water partition coefficient (Wildman–Crippen LogP) is 3.68. The van der Waals surface area contributed by atoms with Gasteiger partial charge in [0.25, 0.3) is 0 Å². The minimum Gasteiger partial charge on any atom is -0.290 e. The first-order valence-corrected chi connectivity index (χ1v) is 5.47. The fraction of sp³-hybridized carbons (Fsp3) is 0.500. The van der Waals surface area contributed by atoms with E-state index < -0.39 is 0 Å². The second kappa shape index (κ2) is 4.18. The molecule has 0 aromatic carbocycles. The molecule has 1 aliphatic carbocycles. The van der Waals surface area contributed by atoms with Gasteiger partial charge >= 0.3 is 0 Å². The zero-order valence-electron chi connectivity index (χ0n) is 10.3. The number of carbonyl (C=O) groups is 1. The monoisotopic (exact) mass is 204 g/mol. The number of carbonyl (C=O) groups excluding carboxylic acids is 1. The highest BCUT2D eigenvalue weighted by atomic mass is 16.1. The van der Waals surface area contributed by atoms with Crippen molar-refractivity contribution in [3.63, 3.8) is 0 Å². The van der Waals surface area contributed by atoms with Crippen molar-refractivity contribution in [2.75, 3.05) is 0 Å². The molecule has 0 bridgehead atoms. The smallest absolute Gasteiger partial charge is 0.182 e. The maximum atomic E-state index is 12.0. The molecule has 1 heteroatoms. The standard InChI is InChI=1S/C14H20O/c1-6-7-12(15)13-10(2)8-9-11(3)14(13,4)5/h6-9,11H,1-5H3. The summed E-state index contributed by atoms with van der Waals surface area (Å²) in [6.45, 7) is 10.3. The largest absolute Gasteiger partial charge is 0.290 e. The van der Waals surface area contributed by atoms with Gasteiger partial charge in [-0.25, -0.2) is 0 Å². The quantitative estimate of drug-likeness (QED) is 0.627. The molecule has 0 amide bonds. The Labute approximate surface area is 92.6 Å². The van der Waals surface area contributed by atoms with Crippen LogP contribution in [0.15, 0.2) is 35.5 Å². The summed E-state index contributed by atoms with van der Waals surface area (Å²) in [4.78, 5) is 12.0. The van der Waals surface area contributed by atoms with Crippen LogP contribution in [0.25, 0.3) is 0 Å². The summed E-state index contributed by atoms with van der Waals surface area (Å²) in [5, 5.41) is 0. The van der Waals surface area contributed by atoms with Crippen LogP contribution in [-0.4, -0.2) is 5.78 Å². The second-order valence-corrected chi connectivity index (χ2v) is 4.79. The highest BCUT2D eigenvalue weighted by molar-refractivity contribution is 6.06. The van der Waals surface area contributed by atoms with E-state index in [0.717, 1.165) is 11.1 Å². The van der Waals surface area contributed by atoms with Crippen LogP contribution in [0.5, 0.6) is 0 Å². The lowest BCUT2D eigenvalue weighted by Crippen LogP contribution is -2.30. The fourth-order valence-corrected chi connectivity index (χ4v) is 2.09. The van der Waals surface area contributed by atoms with Crippen LogP contribution in [0.3, 0.4) is 0 Å². The Morgan fingerprint density at radius 2 is 2.07 bits per heavy atom. The van der Waals surface area contributed by atoms with Crippen LogP contribution >= 0.6 is 0 Å². The molecule has 1 atom stereocenters. The third-order valence-electron chi connectivity index (χ3n) is 3.38. The van der Waals surface area contributed by atoms with Crippen molar-refractivity contribution in [2.45, 2.75) is 34.6 Å². The number of allylic oxidation sites excluding steroid dienone is 6. The summed E-state index contributed by atoms with van der Waals surface area (Å²) >= 11 is 0. The molecular formula is C14H20O. The SMILES string of the molecule is CC=CC(=O)C1=C(C)C=CC(C)C1(C)C. The average molecular weight is 204 g/mol. The van der Waals surface area contributed by atoms with E-state index in [1.807, 2.05) is 19.9 Å².